The van der Waals surface area contributed by atoms with Crippen molar-refractivity contribution in [3.05, 3.63) is 41.7 Å². The molecule has 0 atom stereocenters. The van der Waals surface area contributed by atoms with Gasteiger partial charge in [-0.05, 0) is 24.3 Å². The van der Waals surface area contributed by atoms with Crippen molar-refractivity contribution in [2.45, 2.75) is 0 Å². The Morgan fingerprint density at radius 2 is 1.93 bits per heavy atom. The van der Waals surface area contributed by atoms with Gasteiger partial charge in [-0.25, -0.2) is 4.98 Å². The third kappa shape index (κ3) is 2.17. The molecule has 0 amide bonds. The van der Waals surface area contributed by atoms with E-state index >= 15 is 0 Å². The minimum absolute atomic E-state index is 0.372. The maximum Gasteiger partial charge on any atom is 0.154 e. The summed E-state index contributed by atoms with van der Waals surface area (Å²) in [6, 6.07) is 8.98. The number of hydrogen-bond donors (Lipinski definition) is 1. The van der Waals surface area contributed by atoms with Gasteiger partial charge in [-0.2, -0.15) is 0 Å². The summed E-state index contributed by atoms with van der Waals surface area (Å²) in [5.41, 5.74) is 0. The first-order chi connectivity index (χ1) is 6.84. The van der Waals surface area contributed by atoms with Gasteiger partial charge in [0.1, 0.15) is 5.82 Å². The second-order valence-electron chi connectivity index (χ2n) is 2.58. The number of nitrogens with zero attached hydrogens (tertiary/aromatic N) is 3. The monoisotopic (exact) mass is 206 g/mol. The molecule has 0 fully saturated rings. The minimum atomic E-state index is 0.372. The van der Waals surface area contributed by atoms with E-state index in [1.54, 1.807) is 18.3 Å². The van der Waals surface area contributed by atoms with E-state index in [1.807, 2.05) is 18.2 Å². The number of halogens is 1. The van der Waals surface area contributed by atoms with Crippen LogP contribution in [0.25, 0.3) is 0 Å². The highest BCUT2D eigenvalue weighted by Gasteiger charge is 1.96. The van der Waals surface area contributed by atoms with E-state index in [0.29, 0.717) is 11.0 Å². The number of anilines is 2. The van der Waals surface area contributed by atoms with Crippen molar-refractivity contribution in [1.82, 2.24) is 15.2 Å². The van der Waals surface area contributed by atoms with Crippen molar-refractivity contribution >= 4 is 23.2 Å². The van der Waals surface area contributed by atoms with Crippen LogP contribution in [0.15, 0.2) is 36.5 Å². The average molecular weight is 207 g/mol. The van der Waals surface area contributed by atoms with Crippen LogP contribution in [-0.4, -0.2) is 15.2 Å². The van der Waals surface area contributed by atoms with Crippen molar-refractivity contribution in [2.75, 3.05) is 5.32 Å². The standard InChI is InChI=1S/C9H7ClN4/c10-7-4-5-9(14-13-7)12-8-3-1-2-6-11-8/h1-6H,(H,11,12,14). The lowest BCUT2D eigenvalue weighted by molar-refractivity contribution is 1.03. The second-order valence-corrected chi connectivity index (χ2v) is 2.97. The van der Waals surface area contributed by atoms with Crippen LogP contribution in [0.4, 0.5) is 11.6 Å². The lowest BCUT2D eigenvalue weighted by Gasteiger charge is -2.02. The Bertz CT molecular complexity index is 401. The average Bonchev–Trinajstić information content (AvgIpc) is 2.23. The van der Waals surface area contributed by atoms with Crippen LogP contribution in [0.2, 0.25) is 5.15 Å². The van der Waals surface area contributed by atoms with Crippen LogP contribution in [-0.2, 0) is 0 Å². The summed E-state index contributed by atoms with van der Waals surface area (Å²) in [4.78, 5) is 4.08. The van der Waals surface area contributed by atoms with E-state index < -0.39 is 0 Å². The van der Waals surface area contributed by atoms with E-state index in [-0.39, 0.29) is 0 Å². The Hall–Kier alpha value is -1.68. The quantitative estimate of drug-likeness (QED) is 0.819. The number of pyridine rings is 1. The molecular weight excluding hydrogens is 200 g/mol. The van der Waals surface area contributed by atoms with E-state index in [2.05, 4.69) is 20.5 Å². The van der Waals surface area contributed by atoms with Crippen LogP contribution < -0.4 is 5.32 Å². The molecule has 2 aromatic rings. The summed E-state index contributed by atoms with van der Waals surface area (Å²) in [6.07, 6.45) is 1.70. The molecule has 0 saturated heterocycles. The third-order valence-corrected chi connectivity index (χ3v) is 1.75. The van der Waals surface area contributed by atoms with Crippen molar-refractivity contribution in [3.8, 4) is 0 Å². The van der Waals surface area contributed by atoms with Crippen LogP contribution in [0.1, 0.15) is 0 Å². The molecule has 2 heterocycles. The van der Waals surface area contributed by atoms with Gasteiger partial charge in [0.2, 0.25) is 0 Å². The molecule has 4 nitrogen and oxygen atoms in total. The molecule has 14 heavy (non-hydrogen) atoms. The number of hydrogen-bond acceptors (Lipinski definition) is 4. The van der Waals surface area contributed by atoms with Gasteiger partial charge in [-0.3, -0.25) is 0 Å². The first-order valence-corrected chi connectivity index (χ1v) is 4.40. The van der Waals surface area contributed by atoms with Gasteiger partial charge in [0.15, 0.2) is 11.0 Å². The highest BCUT2D eigenvalue weighted by atomic mass is 35.5. The molecule has 2 rings (SSSR count). The first-order valence-electron chi connectivity index (χ1n) is 4.02. The van der Waals surface area contributed by atoms with E-state index in [9.17, 15) is 0 Å². The maximum absolute atomic E-state index is 5.60. The Morgan fingerprint density at radius 1 is 1.00 bits per heavy atom. The van der Waals surface area contributed by atoms with Crippen molar-refractivity contribution in [2.24, 2.45) is 0 Å². The fraction of sp³-hybridized carbons (Fsp3) is 0. The van der Waals surface area contributed by atoms with Gasteiger partial charge in [0.25, 0.3) is 0 Å². The van der Waals surface area contributed by atoms with Gasteiger partial charge in [-0.1, -0.05) is 17.7 Å². The molecular formula is C9H7ClN4. The van der Waals surface area contributed by atoms with Gasteiger partial charge >= 0.3 is 0 Å². The topological polar surface area (TPSA) is 50.7 Å². The van der Waals surface area contributed by atoms with Gasteiger partial charge in [-0.15, -0.1) is 10.2 Å². The summed E-state index contributed by atoms with van der Waals surface area (Å²) in [6.45, 7) is 0. The summed E-state index contributed by atoms with van der Waals surface area (Å²) in [7, 11) is 0. The van der Waals surface area contributed by atoms with Crippen LogP contribution >= 0.6 is 11.6 Å². The minimum Gasteiger partial charge on any atom is -0.323 e. The molecule has 0 bridgehead atoms. The molecule has 5 heteroatoms. The molecule has 0 aromatic carbocycles. The lowest BCUT2D eigenvalue weighted by Crippen LogP contribution is -1.96. The molecule has 1 N–H and O–H groups in total. The van der Waals surface area contributed by atoms with Crippen LogP contribution in [0.5, 0.6) is 0 Å². The molecule has 0 saturated carbocycles. The summed E-state index contributed by atoms with van der Waals surface area (Å²) < 4.78 is 0. The summed E-state index contributed by atoms with van der Waals surface area (Å²) in [5, 5.41) is 10.9. The van der Waals surface area contributed by atoms with Crippen molar-refractivity contribution in [1.29, 1.82) is 0 Å². The highest BCUT2D eigenvalue weighted by Crippen LogP contribution is 2.11. The normalized spacial score (nSPS) is 9.79. The SMILES string of the molecule is Clc1ccc(Nc2ccccn2)nn1. The fourth-order valence-corrected chi connectivity index (χ4v) is 1.05. The van der Waals surface area contributed by atoms with E-state index in [4.69, 9.17) is 11.6 Å². The zero-order valence-electron chi connectivity index (χ0n) is 7.18. The molecule has 0 aliphatic rings. The van der Waals surface area contributed by atoms with Gasteiger partial charge in [0, 0.05) is 6.20 Å². The molecule has 0 radical (unpaired) electrons. The highest BCUT2D eigenvalue weighted by molar-refractivity contribution is 6.29. The predicted octanol–water partition coefficient (Wildman–Crippen LogP) is 2.27. The Morgan fingerprint density at radius 3 is 2.57 bits per heavy atom. The Balaban J connectivity index is 2.16. The van der Waals surface area contributed by atoms with Crippen LogP contribution in [0.3, 0.4) is 0 Å². The van der Waals surface area contributed by atoms with Crippen LogP contribution in [0, 0.1) is 0 Å². The first kappa shape index (κ1) is 8.90. The Kier molecular flexibility index (Phi) is 2.55. The predicted molar refractivity (Wildman–Crippen MR) is 54.6 cm³/mol. The molecule has 2 aromatic heterocycles. The molecule has 70 valence electrons. The maximum atomic E-state index is 5.60. The summed E-state index contributed by atoms with van der Waals surface area (Å²) in [5.74, 6) is 1.34. The third-order valence-electron chi connectivity index (χ3n) is 1.55. The van der Waals surface area contributed by atoms with Gasteiger partial charge in [0.05, 0.1) is 0 Å². The van der Waals surface area contributed by atoms with E-state index in [1.165, 1.54) is 0 Å². The molecule has 0 aliphatic carbocycles. The van der Waals surface area contributed by atoms with Crippen molar-refractivity contribution in [3.63, 3.8) is 0 Å². The number of aromatic nitrogens is 3. The molecule has 0 aliphatic heterocycles. The lowest BCUT2D eigenvalue weighted by atomic mass is 10.4. The summed E-state index contributed by atoms with van der Waals surface area (Å²) >= 11 is 5.60. The zero-order chi connectivity index (χ0) is 9.80. The number of rotatable bonds is 2. The smallest absolute Gasteiger partial charge is 0.154 e. The zero-order valence-corrected chi connectivity index (χ0v) is 7.94. The van der Waals surface area contributed by atoms with E-state index in [0.717, 1.165) is 5.82 Å². The molecule has 0 spiro atoms. The largest absolute Gasteiger partial charge is 0.323 e. The van der Waals surface area contributed by atoms with Crippen molar-refractivity contribution < 1.29 is 0 Å². The fourth-order valence-electron chi connectivity index (χ4n) is 0.951. The van der Waals surface area contributed by atoms with Gasteiger partial charge < -0.3 is 5.32 Å². The Labute approximate surface area is 86.0 Å². The second kappa shape index (κ2) is 4.02. The molecule has 0 unspecified atom stereocenters. The number of nitrogens with one attached hydrogen (secondary N) is 1.